The molecule has 0 atom stereocenters. The lowest BCUT2D eigenvalue weighted by Crippen LogP contribution is -2.22. The second kappa shape index (κ2) is 9.21. The summed E-state index contributed by atoms with van der Waals surface area (Å²) < 4.78 is 5.21. The number of rotatable bonds is 5. The quantitative estimate of drug-likeness (QED) is 0.235. The molecular weight excluding hydrogens is 435 g/mol. The summed E-state index contributed by atoms with van der Waals surface area (Å²) in [5, 5.41) is 13.9. The van der Waals surface area contributed by atoms with E-state index in [-0.39, 0.29) is 42.2 Å². The van der Waals surface area contributed by atoms with Crippen LogP contribution in [0.4, 0.5) is 11.4 Å². The predicted molar refractivity (Wildman–Crippen MR) is 110 cm³/mol. The molecule has 0 spiro atoms. The molecule has 134 valence electrons. The second-order valence-electron chi connectivity index (χ2n) is 5.38. The molecule has 0 saturated heterocycles. The molecule has 2 aromatic carbocycles. The maximum Gasteiger partial charge on any atom is 0.270 e. The van der Waals surface area contributed by atoms with Crippen LogP contribution in [0.25, 0.3) is 0 Å². The van der Waals surface area contributed by atoms with Crippen LogP contribution in [0.5, 0.6) is 5.75 Å². The van der Waals surface area contributed by atoms with Crippen LogP contribution in [0.1, 0.15) is 16.7 Å². The first-order valence-corrected chi connectivity index (χ1v) is 7.36. The normalized spacial score (nSPS) is 10.8. The number of guanidine groups is 1. The minimum atomic E-state index is -0.455. The van der Waals surface area contributed by atoms with Gasteiger partial charge in [-0.3, -0.25) is 10.1 Å². The molecule has 25 heavy (non-hydrogen) atoms. The molecule has 3 N–H and O–H groups in total. The number of hydrogen-bond donors (Lipinski definition) is 2. The Morgan fingerprint density at radius 1 is 1.24 bits per heavy atom. The standard InChI is InChI=1S/C17H20N4O3.HI/c1-11-4-5-14(8-12(11)2)20-17(18)19-10-13-9-15(21(22)23)6-7-16(13)24-3;/h4-9H,10H2,1-3H3,(H3,18,19,20);1H. The lowest BCUT2D eigenvalue weighted by molar-refractivity contribution is -0.384. The lowest BCUT2D eigenvalue weighted by atomic mass is 10.1. The van der Waals surface area contributed by atoms with E-state index in [1.807, 2.05) is 32.0 Å². The van der Waals surface area contributed by atoms with Crippen molar-refractivity contribution < 1.29 is 9.66 Å². The fraction of sp³-hybridized carbons (Fsp3) is 0.235. The fourth-order valence-electron chi connectivity index (χ4n) is 2.18. The summed E-state index contributed by atoms with van der Waals surface area (Å²) in [6.07, 6.45) is 0. The predicted octanol–water partition coefficient (Wildman–Crippen LogP) is 3.77. The number of nitrogens with two attached hydrogens (primary N) is 1. The number of hydrogen-bond acceptors (Lipinski definition) is 4. The Morgan fingerprint density at radius 3 is 2.56 bits per heavy atom. The van der Waals surface area contributed by atoms with E-state index in [9.17, 15) is 10.1 Å². The molecule has 0 aliphatic heterocycles. The highest BCUT2D eigenvalue weighted by molar-refractivity contribution is 14.0. The maximum absolute atomic E-state index is 10.9. The molecule has 0 fully saturated rings. The van der Waals surface area contributed by atoms with Crippen molar-refractivity contribution >= 4 is 41.3 Å². The number of anilines is 1. The molecular formula is C17H21IN4O3. The molecule has 0 saturated carbocycles. The van der Waals surface area contributed by atoms with Gasteiger partial charge in [-0.1, -0.05) is 6.07 Å². The van der Waals surface area contributed by atoms with Crippen molar-refractivity contribution in [1.82, 2.24) is 0 Å². The Kier molecular flexibility index (Phi) is 7.62. The van der Waals surface area contributed by atoms with E-state index in [0.717, 1.165) is 11.3 Å². The Labute approximate surface area is 163 Å². The fourth-order valence-corrected chi connectivity index (χ4v) is 2.18. The van der Waals surface area contributed by atoms with Crippen molar-refractivity contribution in [1.29, 1.82) is 0 Å². The molecule has 7 nitrogen and oxygen atoms in total. The Balaban J connectivity index is 0.00000312. The molecule has 0 amide bonds. The van der Waals surface area contributed by atoms with E-state index in [1.165, 1.54) is 24.8 Å². The van der Waals surface area contributed by atoms with Crippen molar-refractivity contribution in [3.8, 4) is 5.75 Å². The highest BCUT2D eigenvalue weighted by atomic mass is 127. The summed E-state index contributed by atoms with van der Waals surface area (Å²) >= 11 is 0. The number of nitro benzene ring substituents is 1. The number of nitro groups is 1. The lowest BCUT2D eigenvalue weighted by Gasteiger charge is -2.09. The molecule has 2 aromatic rings. The topological polar surface area (TPSA) is 103 Å². The average molecular weight is 456 g/mol. The van der Waals surface area contributed by atoms with Crippen LogP contribution in [-0.4, -0.2) is 18.0 Å². The van der Waals surface area contributed by atoms with Crippen LogP contribution in [-0.2, 0) is 6.54 Å². The first-order chi connectivity index (χ1) is 11.4. The van der Waals surface area contributed by atoms with Crippen LogP contribution in [0.3, 0.4) is 0 Å². The van der Waals surface area contributed by atoms with Gasteiger partial charge in [-0.2, -0.15) is 0 Å². The number of nitrogens with zero attached hydrogens (tertiary/aromatic N) is 2. The maximum atomic E-state index is 10.9. The van der Waals surface area contributed by atoms with Gasteiger partial charge in [-0.05, 0) is 43.2 Å². The van der Waals surface area contributed by atoms with Gasteiger partial charge in [-0.25, -0.2) is 4.99 Å². The number of aryl methyl sites for hydroxylation is 2. The minimum absolute atomic E-state index is 0. The Hall–Kier alpha value is -2.36. The number of benzene rings is 2. The van der Waals surface area contributed by atoms with Gasteiger partial charge >= 0.3 is 0 Å². The molecule has 0 radical (unpaired) electrons. The largest absolute Gasteiger partial charge is 0.496 e. The highest BCUT2D eigenvalue weighted by Crippen LogP contribution is 2.24. The van der Waals surface area contributed by atoms with Gasteiger partial charge < -0.3 is 15.8 Å². The van der Waals surface area contributed by atoms with E-state index in [2.05, 4.69) is 10.3 Å². The first-order valence-electron chi connectivity index (χ1n) is 7.36. The second-order valence-corrected chi connectivity index (χ2v) is 5.38. The smallest absolute Gasteiger partial charge is 0.270 e. The van der Waals surface area contributed by atoms with Crippen molar-refractivity contribution in [3.63, 3.8) is 0 Å². The minimum Gasteiger partial charge on any atom is -0.496 e. The summed E-state index contributed by atoms with van der Waals surface area (Å²) in [6, 6.07) is 10.3. The molecule has 0 aliphatic carbocycles. The summed E-state index contributed by atoms with van der Waals surface area (Å²) in [6.45, 7) is 4.22. The van der Waals surface area contributed by atoms with Gasteiger partial charge in [0, 0.05) is 23.4 Å². The summed E-state index contributed by atoms with van der Waals surface area (Å²) in [5.74, 6) is 0.759. The third-order valence-corrected chi connectivity index (χ3v) is 3.67. The molecule has 0 bridgehead atoms. The zero-order valence-corrected chi connectivity index (χ0v) is 16.6. The van der Waals surface area contributed by atoms with Gasteiger partial charge in [-0.15, -0.1) is 24.0 Å². The van der Waals surface area contributed by atoms with E-state index in [1.54, 1.807) is 6.07 Å². The average Bonchev–Trinajstić information content (AvgIpc) is 2.56. The molecule has 2 rings (SSSR count). The van der Waals surface area contributed by atoms with E-state index >= 15 is 0 Å². The number of non-ortho nitro benzene ring substituents is 1. The van der Waals surface area contributed by atoms with Gasteiger partial charge in [0.05, 0.1) is 18.6 Å². The van der Waals surface area contributed by atoms with Crippen LogP contribution >= 0.6 is 24.0 Å². The van der Waals surface area contributed by atoms with Crippen LogP contribution in [0.2, 0.25) is 0 Å². The highest BCUT2D eigenvalue weighted by Gasteiger charge is 2.11. The summed E-state index contributed by atoms with van der Waals surface area (Å²) in [7, 11) is 1.51. The number of methoxy groups -OCH3 is 1. The van der Waals surface area contributed by atoms with Crippen LogP contribution in [0.15, 0.2) is 41.4 Å². The van der Waals surface area contributed by atoms with Gasteiger partial charge in [0.25, 0.3) is 5.69 Å². The summed E-state index contributed by atoms with van der Waals surface area (Å²) in [4.78, 5) is 14.7. The molecule has 0 aliphatic rings. The zero-order valence-electron chi connectivity index (χ0n) is 14.3. The van der Waals surface area contributed by atoms with Crippen LogP contribution in [0, 0.1) is 24.0 Å². The number of halogens is 1. The molecule has 0 aromatic heterocycles. The van der Waals surface area contributed by atoms with E-state index < -0.39 is 4.92 Å². The van der Waals surface area contributed by atoms with Crippen LogP contribution < -0.4 is 15.8 Å². The van der Waals surface area contributed by atoms with Crippen molar-refractivity contribution in [2.45, 2.75) is 20.4 Å². The van der Waals surface area contributed by atoms with Crippen molar-refractivity contribution in [2.75, 3.05) is 12.4 Å². The summed E-state index contributed by atoms with van der Waals surface area (Å²) in [5.41, 5.74) is 9.65. The van der Waals surface area contributed by atoms with E-state index in [0.29, 0.717) is 11.3 Å². The van der Waals surface area contributed by atoms with Gasteiger partial charge in [0.15, 0.2) is 5.96 Å². The van der Waals surface area contributed by atoms with Gasteiger partial charge in [0.1, 0.15) is 5.75 Å². The van der Waals surface area contributed by atoms with Gasteiger partial charge in [0.2, 0.25) is 0 Å². The Bertz CT molecular complexity index is 793. The SMILES string of the molecule is COc1ccc([N+](=O)[O-])cc1CN=C(N)Nc1ccc(C)c(C)c1.I. The number of aliphatic imine (C=N–C) groups is 1. The third kappa shape index (κ3) is 5.59. The Morgan fingerprint density at radius 2 is 1.96 bits per heavy atom. The van der Waals surface area contributed by atoms with E-state index in [4.69, 9.17) is 10.5 Å². The molecule has 0 unspecified atom stereocenters. The zero-order chi connectivity index (χ0) is 17.7. The number of nitrogens with one attached hydrogen (secondary N) is 1. The number of ether oxygens (including phenoxy) is 1. The van der Waals surface area contributed by atoms with Crippen molar-refractivity contribution in [3.05, 3.63) is 63.2 Å². The monoisotopic (exact) mass is 456 g/mol. The molecule has 0 heterocycles. The molecule has 8 heteroatoms. The van der Waals surface area contributed by atoms with Crippen molar-refractivity contribution in [2.24, 2.45) is 10.7 Å². The first kappa shape index (κ1) is 20.7. The third-order valence-electron chi connectivity index (χ3n) is 3.67.